The van der Waals surface area contributed by atoms with Crippen molar-refractivity contribution in [3.05, 3.63) is 47.8 Å². The zero-order valence-electron chi connectivity index (χ0n) is 16.6. The molecule has 0 amide bonds. The van der Waals surface area contributed by atoms with E-state index in [0.29, 0.717) is 60.5 Å². The van der Waals surface area contributed by atoms with E-state index in [-0.39, 0.29) is 11.4 Å². The van der Waals surface area contributed by atoms with Gasteiger partial charge < -0.3 is 39.1 Å². The summed E-state index contributed by atoms with van der Waals surface area (Å²) < 4.78 is 21.8. The number of aromatic amines is 2. The van der Waals surface area contributed by atoms with Gasteiger partial charge >= 0.3 is 11.9 Å². The summed E-state index contributed by atoms with van der Waals surface area (Å²) in [7, 11) is 0. The number of aromatic carboxylic acids is 2. The van der Waals surface area contributed by atoms with Crippen LogP contribution >= 0.6 is 0 Å². The molecule has 10 heteroatoms. The van der Waals surface area contributed by atoms with Gasteiger partial charge in [0.1, 0.15) is 37.8 Å². The molecule has 2 aliphatic heterocycles. The van der Waals surface area contributed by atoms with Crippen molar-refractivity contribution in [3.8, 4) is 23.0 Å². The van der Waals surface area contributed by atoms with Crippen LogP contribution in [0, 0.1) is 0 Å². The molecule has 2 aromatic heterocycles. The molecular formula is C22H18N2O8. The number of ether oxygens (including phenoxy) is 4. The summed E-state index contributed by atoms with van der Waals surface area (Å²) in [6.45, 7) is 2.00. The lowest BCUT2D eigenvalue weighted by molar-refractivity contribution is 0.0681. The third-order valence-electron chi connectivity index (χ3n) is 5.06. The van der Waals surface area contributed by atoms with Crippen LogP contribution in [-0.4, -0.2) is 58.5 Å². The Morgan fingerprint density at radius 2 is 1.06 bits per heavy atom. The van der Waals surface area contributed by atoms with Crippen LogP contribution in [0.25, 0.3) is 21.8 Å². The molecule has 32 heavy (non-hydrogen) atoms. The van der Waals surface area contributed by atoms with Gasteiger partial charge in [0.05, 0.1) is 11.0 Å². The van der Waals surface area contributed by atoms with Gasteiger partial charge in [-0.1, -0.05) is 0 Å². The van der Waals surface area contributed by atoms with Crippen LogP contribution in [0.5, 0.6) is 23.0 Å². The summed E-state index contributed by atoms with van der Waals surface area (Å²) in [5.74, 6) is 0.519. The summed E-state index contributed by atoms with van der Waals surface area (Å²) in [6, 6.07) is 10.4. The standard InChI is InChI=1S/2C11H9NO4/c2*13-11(14)7-5-6-1-2-8-10(9(6)12-7)16-4-3-15-8/h2*1-2,5,12H,3-4H2,(H,13,14). The highest BCUT2D eigenvalue weighted by Crippen LogP contribution is 2.38. The first-order valence-corrected chi connectivity index (χ1v) is 9.80. The van der Waals surface area contributed by atoms with Crippen molar-refractivity contribution in [1.82, 2.24) is 9.97 Å². The molecule has 2 aromatic carbocycles. The number of hydrogen-bond donors (Lipinski definition) is 4. The Hall–Kier alpha value is -4.34. The number of carboxylic acid groups (broad SMARTS) is 2. The van der Waals surface area contributed by atoms with Crippen LogP contribution in [0.2, 0.25) is 0 Å². The Bertz CT molecular complexity index is 1250. The van der Waals surface area contributed by atoms with Crippen LogP contribution in [0.3, 0.4) is 0 Å². The van der Waals surface area contributed by atoms with Crippen LogP contribution in [-0.2, 0) is 0 Å². The van der Waals surface area contributed by atoms with Gasteiger partial charge in [0, 0.05) is 10.8 Å². The fourth-order valence-electron chi connectivity index (χ4n) is 3.64. The van der Waals surface area contributed by atoms with Crippen molar-refractivity contribution in [2.75, 3.05) is 26.4 Å². The largest absolute Gasteiger partial charge is 0.486 e. The average Bonchev–Trinajstić information content (AvgIpc) is 3.45. The number of aromatic nitrogens is 2. The SMILES string of the molecule is O=C(O)c1cc2ccc3c(c2[nH]1)OCCO3.O=C(O)c1cc2ccc3c(c2[nH]1)OCCO3. The zero-order chi connectivity index (χ0) is 22.2. The molecule has 0 saturated carbocycles. The Morgan fingerprint density at radius 3 is 1.47 bits per heavy atom. The molecule has 0 unspecified atom stereocenters. The number of nitrogens with one attached hydrogen (secondary N) is 2. The van der Waals surface area contributed by atoms with E-state index in [1.165, 1.54) is 0 Å². The molecule has 2 aliphatic rings. The molecule has 0 spiro atoms. The Labute approximate surface area is 180 Å². The van der Waals surface area contributed by atoms with Crippen molar-refractivity contribution >= 4 is 33.7 Å². The van der Waals surface area contributed by atoms with Gasteiger partial charge in [-0.15, -0.1) is 0 Å². The first-order chi connectivity index (χ1) is 15.5. The van der Waals surface area contributed by atoms with Crippen molar-refractivity contribution in [2.24, 2.45) is 0 Å². The minimum atomic E-state index is -0.985. The van der Waals surface area contributed by atoms with Crippen LogP contribution in [0.4, 0.5) is 0 Å². The van der Waals surface area contributed by atoms with Crippen molar-refractivity contribution in [1.29, 1.82) is 0 Å². The van der Waals surface area contributed by atoms with E-state index in [0.717, 1.165) is 10.8 Å². The van der Waals surface area contributed by atoms with Gasteiger partial charge in [0.25, 0.3) is 0 Å². The summed E-state index contributed by atoms with van der Waals surface area (Å²) >= 11 is 0. The monoisotopic (exact) mass is 438 g/mol. The quantitative estimate of drug-likeness (QED) is 0.373. The van der Waals surface area contributed by atoms with Crippen molar-refractivity contribution in [2.45, 2.75) is 0 Å². The predicted molar refractivity (Wildman–Crippen MR) is 112 cm³/mol. The molecule has 6 rings (SSSR count). The van der Waals surface area contributed by atoms with Gasteiger partial charge in [0.2, 0.25) is 0 Å². The minimum absolute atomic E-state index is 0.151. The van der Waals surface area contributed by atoms with Gasteiger partial charge in [-0.3, -0.25) is 0 Å². The van der Waals surface area contributed by atoms with Gasteiger partial charge in [-0.2, -0.15) is 0 Å². The van der Waals surface area contributed by atoms with Crippen LogP contribution in [0.15, 0.2) is 36.4 Å². The summed E-state index contributed by atoms with van der Waals surface area (Å²) in [6.07, 6.45) is 0. The predicted octanol–water partition coefficient (Wildman–Crippen LogP) is 3.27. The number of benzene rings is 2. The summed E-state index contributed by atoms with van der Waals surface area (Å²) in [5, 5.41) is 19.4. The number of carboxylic acids is 2. The van der Waals surface area contributed by atoms with Gasteiger partial charge in [0.15, 0.2) is 23.0 Å². The first kappa shape index (κ1) is 19.6. The highest BCUT2D eigenvalue weighted by molar-refractivity contribution is 5.97. The number of rotatable bonds is 2. The van der Waals surface area contributed by atoms with E-state index in [1.807, 2.05) is 12.1 Å². The number of hydrogen-bond acceptors (Lipinski definition) is 6. The molecule has 4 N–H and O–H groups in total. The molecule has 10 nitrogen and oxygen atoms in total. The molecule has 0 bridgehead atoms. The fourth-order valence-corrected chi connectivity index (χ4v) is 3.64. The normalized spacial score (nSPS) is 14.0. The summed E-state index contributed by atoms with van der Waals surface area (Å²) in [5.41, 5.74) is 1.65. The molecular weight excluding hydrogens is 420 g/mol. The van der Waals surface area contributed by atoms with E-state index >= 15 is 0 Å². The number of carbonyl (C=O) groups is 2. The van der Waals surface area contributed by atoms with E-state index < -0.39 is 11.9 Å². The summed E-state index contributed by atoms with van der Waals surface area (Å²) in [4.78, 5) is 27.3. The zero-order valence-corrected chi connectivity index (χ0v) is 16.6. The maximum Gasteiger partial charge on any atom is 0.352 e. The Kier molecular flexibility index (Phi) is 4.74. The van der Waals surface area contributed by atoms with Crippen LogP contribution in [0.1, 0.15) is 21.0 Å². The molecule has 0 atom stereocenters. The second-order valence-electron chi connectivity index (χ2n) is 7.08. The van der Waals surface area contributed by atoms with E-state index in [2.05, 4.69) is 9.97 Å². The van der Waals surface area contributed by atoms with Crippen molar-refractivity contribution < 1.29 is 38.7 Å². The maximum absolute atomic E-state index is 10.8. The third-order valence-corrected chi connectivity index (χ3v) is 5.06. The van der Waals surface area contributed by atoms with Gasteiger partial charge in [-0.25, -0.2) is 9.59 Å². The Morgan fingerprint density at radius 1 is 0.656 bits per heavy atom. The highest BCUT2D eigenvalue weighted by atomic mass is 16.6. The van der Waals surface area contributed by atoms with E-state index in [4.69, 9.17) is 29.2 Å². The second kappa shape index (κ2) is 7.73. The lowest BCUT2D eigenvalue weighted by Gasteiger charge is -2.18. The highest BCUT2D eigenvalue weighted by Gasteiger charge is 2.19. The average molecular weight is 438 g/mol. The molecule has 0 aliphatic carbocycles. The fraction of sp³-hybridized carbons (Fsp3) is 0.182. The smallest absolute Gasteiger partial charge is 0.352 e. The van der Waals surface area contributed by atoms with Crippen LogP contribution < -0.4 is 18.9 Å². The van der Waals surface area contributed by atoms with Gasteiger partial charge in [-0.05, 0) is 36.4 Å². The topological polar surface area (TPSA) is 143 Å². The lowest BCUT2D eigenvalue weighted by atomic mass is 10.2. The molecule has 0 saturated heterocycles. The van der Waals surface area contributed by atoms with E-state index in [9.17, 15) is 9.59 Å². The lowest BCUT2D eigenvalue weighted by Crippen LogP contribution is -2.15. The number of H-pyrrole nitrogens is 2. The molecule has 0 radical (unpaired) electrons. The number of fused-ring (bicyclic) bond motifs is 6. The second-order valence-corrected chi connectivity index (χ2v) is 7.08. The van der Waals surface area contributed by atoms with E-state index in [1.54, 1.807) is 24.3 Å². The first-order valence-electron chi connectivity index (χ1n) is 9.80. The maximum atomic E-state index is 10.8. The minimum Gasteiger partial charge on any atom is -0.486 e. The molecule has 164 valence electrons. The van der Waals surface area contributed by atoms with Crippen molar-refractivity contribution in [3.63, 3.8) is 0 Å². The third kappa shape index (κ3) is 3.41. The molecule has 4 aromatic rings. The molecule has 0 fully saturated rings. The Balaban J connectivity index is 0.000000135. The molecule has 4 heterocycles.